The van der Waals surface area contributed by atoms with Gasteiger partial charge < -0.3 is 10.2 Å². The third-order valence-corrected chi connectivity index (χ3v) is 2.78. The van der Waals surface area contributed by atoms with E-state index in [2.05, 4.69) is 27.0 Å². The third-order valence-electron chi connectivity index (χ3n) is 2.78. The Kier molecular flexibility index (Phi) is 32.3. The molecule has 0 aliphatic rings. The molecule has 0 fully saturated rings. The maximum Gasteiger partial charge on any atom is 0.0466 e. The van der Waals surface area contributed by atoms with Gasteiger partial charge in [-0.05, 0) is 12.8 Å². The molecular weight excluding hydrogens is 224 g/mol. The molecule has 0 aliphatic carbocycles. The summed E-state index contributed by atoms with van der Waals surface area (Å²) in [7, 11) is 0. The Morgan fingerprint density at radius 2 is 0.944 bits per heavy atom. The summed E-state index contributed by atoms with van der Waals surface area (Å²) in [6, 6.07) is 0. The highest BCUT2D eigenvalue weighted by Gasteiger charge is 1.91. The molecule has 0 saturated heterocycles. The highest BCUT2D eigenvalue weighted by molar-refractivity contribution is 4.44. The van der Waals surface area contributed by atoms with Gasteiger partial charge in [0.2, 0.25) is 0 Å². The van der Waals surface area contributed by atoms with Gasteiger partial charge in [-0.15, -0.1) is 13.2 Å². The molecule has 0 radical (unpaired) electrons. The van der Waals surface area contributed by atoms with Crippen molar-refractivity contribution in [1.29, 1.82) is 0 Å². The van der Waals surface area contributed by atoms with Gasteiger partial charge in [0.05, 0.1) is 0 Å². The van der Waals surface area contributed by atoms with E-state index in [1.807, 2.05) is 0 Å². The van der Waals surface area contributed by atoms with E-state index in [1.165, 1.54) is 64.2 Å². The van der Waals surface area contributed by atoms with Crippen molar-refractivity contribution in [2.45, 2.75) is 78.1 Å². The first-order valence-electron chi connectivity index (χ1n) is 7.49. The molecular formula is C16H36O2. The van der Waals surface area contributed by atoms with E-state index in [-0.39, 0.29) is 5.48 Å². The molecule has 0 aromatic rings. The highest BCUT2D eigenvalue weighted by atomic mass is 16.5. The van der Waals surface area contributed by atoms with Gasteiger partial charge in [0.1, 0.15) is 0 Å². The topological polar surface area (TPSA) is 40.7 Å². The Labute approximate surface area is 115 Å². The summed E-state index contributed by atoms with van der Waals surface area (Å²) >= 11 is 0. The summed E-state index contributed by atoms with van der Waals surface area (Å²) in [6.07, 6.45) is 13.4. The van der Waals surface area contributed by atoms with Crippen LogP contribution < -0.4 is 0 Å². The van der Waals surface area contributed by atoms with Crippen molar-refractivity contribution in [2.75, 3.05) is 13.2 Å². The average molecular weight is 260 g/mol. The maximum absolute atomic E-state index is 5.59. The first kappa shape index (κ1) is 22.8. The first-order valence-corrected chi connectivity index (χ1v) is 7.49. The number of ether oxygens (including phenoxy) is 1. The van der Waals surface area contributed by atoms with Crippen molar-refractivity contribution in [3.8, 4) is 0 Å². The number of unbranched alkanes of at least 4 members (excludes halogenated alkanes) is 8. The average Bonchev–Trinajstić information content (AvgIpc) is 2.38. The Balaban J connectivity index is -0.000000709. The van der Waals surface area contributed by atoms with Gasteiger partial charge >= 0.3 is 0 Å². The lowest BCUT2D eigenvalue weighted by Crippen LogP contribution is -1.97. The van der Waals surface area contributed by atoms with Crippen LogP contribution in [-0.2, 0) is 4.74 Å². The highest BCUT2D eigenvalue weighted by Crippen LogP contribution is 2.04. The minimum atomic E-state index is 0. The van der Waals surface area contributed by atoms with Crippen LogP contribution in [-0.4, -0.2) is 18.7 Å². The predicted octanol–water partition coefficient (Wildman–Crippen LogP) is 4.92. The van der Waals surface area contributed by atoms with E-state index in [9.17, 15) is 0 Å². The van der Waals surface area contributed by atoms with Crippen LogP contribution in [0.3, 0.4) is 0 Å². The molecule has 0 unspecified atom stereocenters. The number of rotatable bonds is 12. The van der Waals surface area contributed by atoms with E-state index < -0.39 is 0 Å². The second kappa shape index (κ2) is 25.5. The quantitative estimate of drug-likeness (QED) is 0.362. The third kappa shape index (κ3) is 24.8. The summed E-state index contributed by atoms with van der Waals surface area (Å²) in [5.41, 5.74) is 0. The molecule has 0 rings (SSSR count). The molecule has 112 valence electrons. The van der Waals surface area contributed by atoms with Crippen molar-refractivity contribution in [1.82, 2.24) is 0 Å². The van der Waals surface area contributed by atoms with Gasteiger partial charge in [-0.3, -0.25) is 0 Å². The second-order valence-electron chi connectivity index (χ2n) is 4.44. The van der Waals surface area contributed by atoms with Crippen LogP contribution >= 0.6 is 0 Å². The van der Waals surface area contributed by atoms with E-state index in [4.69, 9.17) is 4.74 Å². The van der Waals surface area contributed by atoms with E-state index in [0.717, 1.165) is 13.2 Å². The fourth-order valence-electron chi connectivity index (χ4n) is 1.72. The zero-order valence-corrected chi connectivity index (χ0v) is 12.8. The van der Waals surface area contributed by atoms with Gasteiger partial charge in [0.15, 0.2) is 0 Å². The van der Waals surface area contributed by atoms with E-state index in [0.29, 0.717) is 0 Å². The van der Waals surface area contributed by atoms with Gasteiger partial charge in [0.25, 0.3) is 0 Å². The normalized spacial score (nSPS) is 9.22. The zero-order valence-electron chi connectivity index (χ0n) is 12.8. The molecule has 2 N–H and O–H groups in total. The lowest BCUT2D eigenvalue weighted by Gasteiger charge is -2.03. The van der Waals surface area contributed by atoms with Crippen molar-refractivity contribution in [2.24, 2.45) is 0 Å². The minimum absolute atomic E-state index is 0. The van der Waals surface area contributed by atoms with Crippen LogP contribution in [0.5, 0.6) is 0 Å². The second-order valence-corrected chi connectivity index (χ2v) is 4.44. The molecule has 0 saturated carbocycles. The van der Waals surface area contributed by atoms with E-state index >= 15 is 0 Å². The number of hydrogen-bond acceptors (Lipinski definition) is 1. The molecule has 0 aromatic carbocycles. The molecule has 2 heteroatoms. The Bertz CT molecular complexity index is 104. The molecule has 0 aliphatic heterocycles. The van der Waals surface area contributed by atoms with Crippen molar-refractivity contribution in [3.05, 3.63) is 13.2 Å². The summed E-state index contributed by atoms with van der Waals surface area (Å²) in [5.74, 6) is 0. The monoisotopic (exact) mass is 260 g/mol. The Morgan fingerprint density at radius 1 is 0.611 bits per heavy atom. The number of hydrogen-bond donors (Lipinski definition) is 0. The first-order chi connectivity index (χ1) is 8.41. The van der Waals surface area contributed by atoms with Crippen molar-refractivity contribution >= 4 is 0 Å². The van der Waals surface area contributed by atoms with Crippen LogP contribution in [0.15, 0.2) is 13.2 Å². The van der Waals surface area contributed by atoms with E-state index in [1.54, 1.807) is 0 Å². The van der Waals surface area contributed by atoms with Crippen LogP contribution in [0.2, 0.25) is 0 Å². The summed E-state index contributed by atoms with van der Waals surface area (Å²) in [4.78, 5) is 0. The lowest BCUT2D eigenvalue weighted by atomic mass is 10.1. The van der Waals surface area contributed by atoms with Gasteiger partial charge in [0, 0.05) is 13.2 Å². The van der Waals surface area contributed by atoms with Crippen LogP contribution in [0.25, 0.3) is 0 Å². The smallest absolute Gasteiger partial charge is 0.0466 e. The maximum atomic E-state index is 5.59. The van der Waals surface area contributed by atoms with Gasteiger partial charge in [-0.25, -0.2) is 0 Å². The fraction of sp³-hybridized carbons (Fsp3) is 0.875. The molecule has 0 heterocycles. The van der Waals surface area contributed by atoms with Gasteiger partial charge in [-0.2, -0.15) is 0 Å². The molecule has 2 nitrogen and oxygen atoms in total. The summed E-state index contributed by atoms with van der Waals surface area (Å²) < 4.78 is 5.59. The minimum Gasteiger partial charge on any atom is -0.412 e. The summed E-state index contributed by atoms with van der Waals surface area (Å²) in [5, 5.41) is 0. The zero-order chi connectivity index (χ0) is 13.2. The van der Waals surface area contributed by atoms with Crippen LogP contribution in [0.1, 0.15) is 78.1 Å². The molecule has 0 aromatic heterocycles. The van der Waals surface area contributed by atoms with Crippen LogP contribution in [0, 0.1) is 0 Å². The predicted molar refractivity (Wildman–Crippen MR) is 83.2 cm³/mol. The summed E-state index contributed by atoms with van der Waals surface area (Å²) in [6.45, 7) is 12.5. The van der Waals surface area contributed by atoms with Crippen molar-refractivity contribution in [3.63, 3.8) is 0 Å². The Morgan fingerprint density at radius 3 is 1.28 bits per heavy atom. The SMILES string of the molecule is C=C.CCCCCCCOCCCCCCC.O. The molecule has 0 atom stereocenters. The Hall–Kier alpha value is -0.340. The standard InChI is InChI=1S/C14H30O.C2H4.H2O/c1-3-5-7-9-11-13-15-14-12-10-8-6-4-2;1-2;/h3-14H2,1-2H3;1-2H2;1H2. The van der Waals surface area contributed by atoms with Crippen molar-refractivity contribution < 1.29 is 10.2 Å². The molecule has 0 amide bonds. The fourth-order valence-corrected chi connectivity index (χ4v) is 1.72. The molecule has 0 spiro atoms. The molecule has 18 heavy (non-hydrogen) atoms. The lowest BCUT2D eigenvalue weighted by molar-refractivity contribution is 0.125. The molecule has 0 bridgehead atoms. The van der Waals surface area contributed by atoms with Gasteiger partial charge in [-0.1, -0.05) is 65.2 Å². The largest absolute Gasteiger partial charge is 0.412 e. The van der Waals surface area contributed by atoms with Crippen LogP contribution in [0.4, 0.5) is 0 Å².